The molecule has 0 unspecified atom stereocenters. The second-order valence-corrected chi connectivity index (χ2v) is 5.77. The number of rotatable bonds is 6. The highest BCUT2D eigenvalue weighted by molar-refractivity contribution is 7.11. The predicted octanol–water partition coefficient (Wildman–Crippen LogP) is 2.36. The Labute approximate surface area is 122 Å². The van der Waals surface area contributed by atoms with Crippen LogP contribution in [0.1, 0.15) is 15.4 Å². The van der Waals surface area contributed by atoms with Gasteiger partial charge in [0.15, 0.2) is 0 Å². The van der Waals surface area contributed by atoms with Crippen molar-refractivity contribution in [3.63, 3.8) is 0 Å². The lowest BCUT2D eigenvalue weighted by molar-refractivity contribution is -0.120. The number of benzene rings is 1. The van der Waals surface area contributed by atoms with Crippen molar-refractivity contribution in [2.75, 3.05) is 13.7 Å². The maximum absolute atomic E-state index is 11.9. The second kappa shape index (κ2) is 7.05. The molecule has 2 rings (SSSR count). The van der Waals surface area contributed by atoms with Crippen LogP contribution in [0.25, 0.3) is 0 Å². The summed E-state index contributed by atoms with van der Waals surface area (Å²) in [5.41, 5.74) is 0.901. The molecule has 1 heterocycles. The molecule has 0 atom stereocenters. The molecule has 1 amide bonds. The van der Waals surface area contributed by atoms with E-state index in [1.54, 1.807) is 18.4 Å². The van der Waals surface area contributed by atoms with Crippen LogP contribution in [0.3, 0.4) is 0 Å². The summed E-state index contributed by atoms with van der Waals surface area (Å²) in [6.45, 7) is 2.64. The summed E-state index contributed by atoms with van der Waals surface area (Å²) in [4.78, 5) is 17.4. The van der Waals surface area contributed by atoms with E-state index in [4.69, 9.17) is 4.74 Å². The fourth-order valence-electron chi connectivity index (χ4n) is 1.91. The van der Waals surface area contributed by atoms with Crippen molar-refractivity contribution in [2.45, 2.75) is 19.8 Å². The van der Waals surface area contributed by atoms with Gasteiger partial charge in [0.2, 0.25) is 5.91 Å². The third-order valence-corrected chi connectivity index (χ3v) is 3.85. The minimum atomic E-state index is 0.00257. The van der Waals surface area contributed by atoms with Crippen LogP contribution in [0.5, 0.6) is 5.75 Å². The number of hydrogen-bond acceptors (Lipinski definition) is 4. The third-order valence-electron chi connectivity index (χ3n) is 2.87. The van der Waals surface area contributed by atoms with Gasteiger partial charge in [-0.25, -0.2) is 4.98 Å². The lowest BCUT2D eigenvalue weighted by atomic mass is 10.1. The molecular formula is C15H18N2O2S. The van der Waals surface area contributed by atoms with Gasteiger partial charge in [0.25, 0.3) is 0 Å². The minimum Gasteiger partial charge on any atom is -0.496 e. The summed E-state index contributed by atoms with van der Waals surface area (Å²) in [5.74, 6) is 0.751. The Morgan fingerprint density at radius 3 is 2.90 bits per heavy atom. The quantitative estimate of drug-likeness (QED) is 0.888. The van der Waals surface area contributed by atoms with Crippen molar-refractivity contribution >= 4 is 17.2 Å². The summed E-state index contributed by atoms with van der Waals surface area (Å²) in [6.07, 6.45) is 2.97. The average molecular weight is 290 g/mol. The smallest absolute Gasteiger partial charge is 0.224 e. The second-order valence-electron chi connectivity index (χ2n) is 4.45. The zero-order chi connectivity index (χ0) is 14.4. The molecule has 1 aromatic heterocycles. The number of nitrogens with one attached hydrogen (secondary N) is 1. The SMILES string of the molecule is COc1ccccc1CC(=O)NCCc1ncc(C)s1. The molecule has 20 heavy (non-hydrogen) atoms. The van der Waals surface area contributed by atoms with Crippen molar-refractivity contribution in [3.05, 3.63) is 45.9 Å². The Morgan fingerprint density at radius 1 is 1.40 bits per heavy atom. The first kappa shape index (κ1) is 14.5. The zero-order valence-corrected chi connectivity index (χ0v) is 12.5. The van der Waals surface area contributed by atoms with Gasteiger partial charge in [0.05, 0.1) is 18.5 Å². The number of aromatic nitrogens is 1. The van der Waals surface area contributed by atoms with Crippen LogP contribution in [-0.4, -0.2) is 24.5 Å². The summed E-state index contributed by atoms with van der Waals surface area (Å²) in [6, 6.07) is 7.57. The molecule has 5 heteroatoms. The van der Waals surface area contributed by atoms with E-state index in [1.165, 1.54) is 4.88 Å². The molecule has 0 bridgehead atoms. The Kier molecular flexibility index (Phi) is 5.12. The van der Waals surface area contributed by atoms with Crippen molar-refractivity contribution in [1.29, 1.82) is 0 Å². The zero-order valence-electron chi connectivity index (χ0n) is 11.7. The molecule has 0 spiro atoms. The van der Waals surface area contributed by atoms with E-state index in [-0.39, 0.29) is 5.91 Å². The summed E-state index contributed by atoms with van der Waals surface area (Å²) >= 11 is 1.67. The number of hydrogen-bond donors (Lipinski definition) is 1. The highest BCUT2D eigenvalue weighted by Gasteiger charge is 2.08. The van der Waals surface area contributed by atoms with Gasteiger partial charge < -0.3 is 10.1 Å². The summed E-state index contributed by atoms with van der Waals surface area (Å²) in [7, 11) is 1.61. The predicted molar refractivity (Wildman–Crippen MR) is 80.3 cm³/mol. The standard InChI is InChI=1S/C15H18N2O2S/c1-11-10-17-15(20-11)7-8-16-14(18)9-12-5-3-4-6-13(12)19-2/h3-6,10H,7-9H2,1-2H3,(H,16,18). The number of carbonyl (C=O) groups excluding carboxylic acids is 1. The average Bonchev–Trinajstić information content (AvgIpc) is 2.85. The number of amides is 1. The minimum absolute atomic E-state index is 0.00257. The van der Waals surface area contributed by atoms with Gasteiger partial charge in [-0.3, -0.25) is 4.79 Å². The van der Waals surface area contributed by atoms with Crippen molar-refractivity contribution in [2.24, 2.45) is 0 Å². The van der Waals surface area contributed by atoms with Crippen LogP contribution in [-0.2, 0) is 17.6 Å². The van der Waals surface area contributed by atoms with Gasteiger partial charge in [-0.15, -0.1) is 11.3 Å². The number of para-hydroxylation sites is 1. The molecule has 0 saturated carbocycles. The van der Waals surface area contributed by atoms with Crippen LogP contribution in [0, 0.1) is 6.92 Å². The first-order valence-corrected chi connectivity index (χ1v) is 7.30. The number of methoxy groups -OCH3 is 1. The molecule has 106 valence electrons. The van der Waals surface area contributed by atoms with Crippen LogP contribution in [0.4, 0.5) is 0 Å². The molecule has 2 aromatic rings. The number of ether oxygens (including phenoxy) is 1. The third kappa shape index (κ3) is 4.06. The first-order chi connectivity index (χ1) is 9.69. The van der Waals surface area contributed by atoms with Gasteiger partial charge >= 0.3 is 0 Å². The van der Waals surface area contributed by atoms with E-state index in [1.807, 2.05) is 37.4 Å². The Hall–Kier alpha value is -1.88. The molecule has 1 aromatic carbocycles. The van der Waals surface area contributed by atoms with Gasteiger partial charge in [0.1, 0.15) is 5.75 Å². The molecule has 0 aliphatic heterocycles. The molecule has 1 N–H and O–H groups in total. The van der Waals surface area contributed by atoms with E-state index >= 15 is 0 Å². The number of nitrogens with zero attached hydrogens (tertiary/aromatic N) is 1. The van der Waals surface area contributed by atoms with E-state index in [0.29, 0.717) is 13.0 Å². The molecular weight excluding hydrogens is 272 g/mol. The first-order valence-electron chi connectivity index (χ1n) is 6.49. The number of thiazole rings is 1. The fourth-order valence-corrected chi connectivity index (χ4v) is 2.70. The number of carbonyl (C=O) groups is 1. The van der Waals surface area contributed by atoms with Gasteiger partial charge in [-0.05, 0) is 13.0 Å². The highest BCUT2D eigenvalue weighted by atomic mass is 32.1. The van der Waals surface area contributed by atoms with E-state index in [2.05, 4.69) is 10.3 Å². The van der Waals surface area contributed by atoms with Crippen LogP contribution in [0.15, 0.2) is 30.5 Å². The van der Waals surface area contributed by atoms with Crippen LogP contribution >= 0.6 is 11.3 Å². The number of aryl methyl sites for hydroxylation is 1. The summed E-state index contributed by atoms with van der Waals surface area (Å²) < 4.78 is 5.23. The fraction of sp³-hybridized carbons (Fsp3) is 0.333. The van der Waals surface area contributed by atoms with Crippen molar-refractivity contribution in [3.8, 4) is 5.75 Å². The molecule has 0 aliphatic rings. The topological polar surface area (TPSA) is 51.2 Å². The largest absolute Gasteiger partial charge is 0.496 e. The van der Waals surface area contributed by atoms with Gasteiger partial charge in [0, 0.05) is 29.6 Å². The lowest BCUT2D eigenvalue weighted by Gasteiger charge is -2.08. The van der Waals surface area contributed by atoms with Crippen molar-refractivity contribution < 1.29 is 9.53 Å². The maximum Gasteiger partial charge on any atom is 0.224 e. The monoisotopic (exact) mass is 290 g/mol. The van der Waals surface area contributed by atoms with Gasteiger partial charge in [-0.1, -0.05) is 18.2 Å². The van der Waals surface area contributed by atoms with E-state index in [9.17, 15) is 4.79 Å². The van der Waals surface area contributed by atoms with E-state index < -0.39 is 0 Å². The van der Waals surface area contributed by atoms with Crippen molar-refractivity contribution in [1.82, 2.24) is 10.3 Å². The maximum atomic E-state index is 11.9. The molecule has 0 radical (unpaired) electrons. The molecule has 0 fully saturated rings. The van der Waals surface area contributed by atoms with Crippen LogP contribution < -0.4 is 10.1 Å². The van der Waals surface area contributed by atoms with Crippen LogP contribution in [0.2, 0.25) is 0 Å². The Balaban J connectivity index is 1.80. The molecule has 4 nitrogen and oxygen atoms in total. The van der Waals surface area contributed by atoms with E-state index in [0.717, 1.165) is 22.7 Å². The highest BCUT2D eigenvalue weighted by Crippen LogP contribution is 2.17. The lowest BCUT2D eigenvalue weighted by Crippen LogP contribution is -2.27. The molecule has 0 aliphatic carbocycles. The Morgan fingerprint density at radius 2 is 2.20 bits per heavy atom. The summed E-state index contributed by atoms with van der Waals surface area (Å²) in [5, 5.41) is 3.97. The molecule has 0 saturated heterocycles. The normalized spacial score (nSPS) is 10.3. The Bertz CT molecular complexity index is 581. The van der Waals surface area contributed by atoms with Gasteiger partial charge in [-0.2, -0.15) is 0 Å².